The summed E-state index contributed by atoms with van der Waals surface area (Å²) in [4.78, 5) is 16.3. The fourth-order valence-corrected chi connectivity index (χ4v) is 2.58. The summed E-state index contributed by atoms with van der Waals surface area (Å²) in [6.45, 7) is 0. The summed E-state index contributed by atoms with van der Waals surface area (Å²) in [5, 5.41) is 13.1. The van der Waals surface area contributed by atoms with Gasteiger partial charge in [-0.05, 0) is 30.3 Å². The Hall–Kier alpha value is -3.61. The standard InChI is InChI=1S/C18H15N5O2/c1-25-15-3-2-12(10-14(15)24)21-18-16-13(6-9-20-18)22-17(23-16)11-4-7-19-8-5-11/h2-10,24H,1H3,(H,20,21)(H,22,23). The van der Waals surface area contributed by atoms with Crippen molar-refractivity contribution in [3.63, 3.8) is 0 Å². The highest BCUT2D eigenvalue weighted by Crippen LogP contribution is 2.31. The van der Waals surface area contributed by atoms with Gasteiger partial charge in [-0.2, -0.15) is 0 Å². The third-order valence-corrected chi connectivity index (χ3v) is 3.80. The van der Waals surface area contributed by atoms with Crippen LogP contribution in [0.4, 0.5) is 11.5 Å². The fraction of sp³-hybridized carbons (Fsp3) is 0.0556. The molecule has 0 spiro atoms. The summed E-state index contributed by atoms with van der Waals surface area (Å²) < 4.78 is 5.06. The quantitative estimate of drug-likeness (QED) is 0.529. The van der Waals surface area contributed by atoms with Crippen molar-refractivity contribution in [3.05, 3.63) is 55.0 Å². The van der Waals surface area contributed by atoms with E-state index >= 15 is 0 Å². The molecule has 0 aliphatic carbocycles. The Morgan fingerprint density at radius 3 is 2.68 bits per heavy atom. The van der Waals surface area contributed by atoms with Crippen LogP contribution in [0.25, 0.3) is 22.4 Å². The molecule has 0 unspecified atom stereocenters. The summed E-state index contributed by atoms with van der Waals surface area (Å²) in [7, 11) is 1.51. The predicted octanol–water partition coefficient (Wildman–Crippen LogP) is 3.48. The van der Waals surface area contributed by atoms with E-state index in [1.807, 2.05) is 18.2 Å². The van der Waals surface area contributed by atoms with Crippen molar-refractivity contribution in [2.75, 3.05) is 12.4 Å². The maximum Gasteiger partial charge on any atom is 0.160 e. The summed E-state index contributed by atoms with van der Waals surface area (Å²) in [5.74, 6) is 1.81. The maximum absolute atomic E-state index is 9.92. The predicted molar refractivity (Wildman–Crippen MR) is 95.1 cm³/mol. The van der Waals surface area contributed by atoms with Crippen molar-refractivity contribution in [1.29, 1.82) is 0 Å². The molecule has 4 rings (SSSR count). The maximum atomic E-state index is 9.92. The van der Waals surface area contributed by atoms with Gasteiger partial charge in [0.25, 0.3) is 0 Å². The monoisotopic (exact) mass is 333 g/mol. The van der Waals surface area contributed by atoms with E-state index in [2.05, 4.69) is 25.3 Å². The van der Waals surface area contributed by atoms with Gasteiger partial charge < -0.3 is 20.1 Å². The van der Waals surface area contributed by atoms with E-state index in [0.717, 1.165) is 16.9 Å². The van der Waals surface area contributed by atoms with Crippen molar-refractivity contribution < 1.29 is 9.84 Å². The number of hydrogen-bond acceptors (Lipinski definition) is 6. The van der Waals surface area contributed by atoms with Gasteiger partial charge >= 0.3 is 0 Å². The van der Waals surface area contributed by atoms with Gasteiger partial charge in [0.15, 0.2) is 17.3 Å². The molecule has 0 radical (unpaired) electrons. The molecule has 124 valence electrons. The smallest absolute Gasteiger partial charge is 0.160 e. The highest BCUT2D eigenvalue weighted by Gasteiger charge is 2.11. The summed E-state index contributed by atoms with van der Waals surface area (Å²) in [5.41, 5.74) is 3.21. The number of nitrogens with one attached hydrogen (secondary N) is 2. The second-order valence-electron chi connectivity index (χ2n) is 5.39. The van der Waals surface area contributed by atoms with E-state index in [4.69, 9.17) is 4.74 Å². The molecule has 0 saturated heterocycles. The molecule has 0 bridgehead atoms. The van der Waals surface area contributed by atoms with Crippen LogP contribution in [0.5, 0.6) is 11.5 Å². The molecule has 0 amide bonds. The molecule has 7 nitrogen and oxygen atoms in total. The largest absolute Gasteiger partial charge is 0.504 e. The molecule has 0 atom stereocenters. The summed E-state index contributed by atoms with van der Waals surface area (Å²) in [6.07, 6.45) is 5.14. The van der Waals surface area contributed by atoms with Crippen LogP contribution in [0.3, 0.4) is 0 Å². The number of imidazole rings is 1. The van der Waals surface area contributed by atoms with Crippen molar-refractivity contribution in [1.82, 2.24) is 19.9 Å². The van der Waals surface area contributed by atoms with Gasteiger partial charge in [-0.25, -0.2) is 9.97 Å². The lowest BCUT2D eigenvalue weighted by Gasteiger charge is -2.08. The molecular weight excluding hydrogens is 318 g/mol. The summed E-state index contributed by atoms with van der Waals surface area (Å²) >= 11 is 0. The SMILES string of the molecule is COc1ccc(Nc2nccc3[nH]c(-c4ccncc4)nc23)cc1O. The van der Waals surface area contributed by atoms with Gasteiger partial charge in [0.2, 0.25) is 0 Å². The topological polar surface area (TPSA) is 96.0 Å². The van der Waals surface area contributed by atoms with E-state index < -0.39 is 0 Å². The van der Waals surface area contributed by atoms with Gasteiger partial charge in [0.05, 0.1) is 12.6 Å². The van der Waals surface area contributed by atoms with Crippen LogP contribution < -0.4 is 10.1 Å². The number of aromatic hydroxyl groups is 1. The Morgan fingerprint density at radius 2 is 1.92 bits per heavy atom. The van der Waals surface area contributed by atoms with Crippen LogP contribution in [0.15, 0.2) is 55.0 Å². The molecule has 0 fully saturated rings. The lowest BCUT2D eigenvalue weighted by molar-refractivity contribution is 0.373. The second kappa shape index (κ2) is 6.12. The number of hydrogen-bond donors (Lipinski definition) is 3. The van der Waals surface area contributed by atoms with Crippen LogP contribution in [0, 0.1) is 0 Å². The van der Waals surface area contributed by atoms with Crippen LogP contribution >= 0.6 is 0 Å². The second-order valence-corrected chi connectivity index (χ2v) is 5.39. The van der Waals surface area contributed by atoms with E-state index in [0.29, 0.717) is 22.8 Å². The van der Waals surface area contributed by atoms with Gasteiger partial charge in [-0.3, -0.25) is 4.98 Å². The first-order chi connectivity index (χ1) is 12.2. The Kier molecular flexibility index (Phi) is 3.66. The lowest BCUT2D eigenvalue weighted by Crippen LogP contribution is -1.95. The first-order valence-electron chi connectivity index (χ1n) is 7.64. The van der Waals surface area contributed by atoms with Crippen molar-refractivity contribution in [3.8, 4) is 22.9 Å². The lowest BCUT2D eigenvalue weighted by atomic mass is 10.2. The van der Waals surface area contributed by atoms with Crippen LogP contribution in [0.2, 0.25) is 0 Å². The third kappa shape index (κ3) is 2.83. The zero-order valence-corrected chi connectivity index (χ0v) is 13.4. The first-order valence-corrected chi connectivity index (χ1v) is 7.64. The number of pyridine rings is 2. The molecular formula is C18H15N5O2. The molecule has 25 heavy (non-hydrogen) atoms. The molecule has 3 heterocycles. The van der Waals surface area contributed by atoms with E-state index in [-0.39, 0.29) is 5.75 Å². The number of fused-ring (bicyclic) bond motifs is 1. The number of phenols is 1. The van der Waals surface area contributed by atoms with Crippen LogP contribution in [-0.2, 0) is 0 Å². The molecule has 3 aromatic heterocycles. The number of aromatic nitrogens is 4. The number of phenolic OH excluding ortho intramolecular Hbond substituents is 1. The number of nitrogens with zero attached hydrogens (tertiary/aromatic N) is 3. The van der Waals surface area contributed by atoms with Crippen molar-refractivity contribution >= 4 is 22.5 Å². The van der Waals surface area contributed by atoms with Crippen molar-refractivity contribution in [2.24, 2.45) is 0 Å². The number of ether oxygens (including phenoxy) is 1. The van der Waals surface area contributed by atoms with E-state index in [9.17, 15) is 5.11 Å². The Balaban J connectivity index is 1.73. The third-order valence-electron chi connectivity index (χ3n) is 3.80. The molecule has 7 heteroatoms. The van der Waals surface area contributed by atoms with Crippen LogP contribution in [-0.4, -0.2) is 32.2 Å². The number of benzene rings is 1. The average Bonchev–Trinajstić information content (AvgIpc) is 3.08. The fourth-order valence-electron chi connectivity index (χ4n) is 2.58. The van der Waals surface area contributed by atoms with Gasteiger partial charge in [0.1, 0.15) is 11.3 Å². The minimum atomic E-state index is 0.0548. The number of aromatic amines is 1. The zero-order valence-electron chi connectivity index (χ0n) is 13.4. The molecule has 0 aliphatic rings. The normalized spacial score (nSPS) is 10.8. The number of rotatable bonds is 4. The van der Waals surface area contributed by atoms with Crippen molar-refractivity contribution in [2.45, 2.75) is 0 Å². The zero-order chi connectivity index (χ0) is 17.2. The minimum absolute atomic E-state index is 0.0548. The highest BCUT2D eigenvalue weighted by atomic mass is 16.5. The Labute approximate surface area is 143 Å². The molecule has 1 aromatic carbocycles. The van der Waals surface area contributed by atoms with Crippen LogP contribution in [0.1, 0.15) is 0 Å². The first kappa shape index (κ1) is 14.9. The highest BCUT2D eigenvalue weighted by molar-refractivity contribution is 5.90. The number of anilines is 2. The number of H-pyrrole nitrogens is 1. The summed E-state index contributed by atoms with van der Waals surface area (Å²) in [6, 6.07) is 10.7. The molecule has 0 saturated carbocycles. The van der Waals surface area contributed by atoms with Gasteiger partial charge in [-0.1, -0.05) is 0 Å². The Bertz CT molecular complexity index is 1030. The molecule has 4 aromatic rings. The van der Waals surface area contributed by atoms with Gasteiger partial charge in [0, 0.05) is 35.9 Å². The molecule has 0 aliphatic heterocycles. The average molecular weight is 333 g/mol. The Morgan fingerprint density at radius 1 is 1.08 bits per heavy atom. The van der Waals surface area contributed by atoms with E-state index in [1.54, 1.807) is 36.8 Å². The van der Waals surface area contributed by atoms with E-state index in [1.165, 1.54) is 7.11 Å². The number of methoxy groups -OCH3 is 1. The molecule has 3 N–H and O–H groups in total. The minimum Gasteiger partial charge on any atom is -0.504 e. The van der Waals surface area contributed by atoms with Gasteiger partial charge in [-0.15, -0.1) is 0 Å².